The van der Waals surface area contributed by atoms with Crippen molar-refractivity contribution in [2.24, 2.45) is 11.3 Å². The Labute approximate surface area is 115 Å². The third-order valence-corrected chi connectivity index (χ3v) is 3.67. The van der Waals surface area contributed by atoms with Gasteiger partial charge in [0.05, 0.1) is 6.04 Å². The molecule has 1 rings (SSSR count). The molecule has 1 aliphatic heterocycles. The normalized spacial score (nSPS) is 20.2. The van der Waals surface area contributed by atoms with Crippen molar-refractivity contribution in [1.29, 1.82) is 0 Å². The van der Waals surface area contributed by atoms with E-state index >= 15 is 0 Å². The number of hydrogen-bond acceptors (Lipinski definition) is 3. The summed E-state index contributed by atoms with van der Waals surface area (Å²) in [5.41, 5.74) is 0.190. The van der Waals surface area contributed by atoms with Gasteiger partial charge in [0.25, 0.3) is 0 Å². The third kappa shape index (κ3) is 6.53. The van der Waals surface area contributed by atoms with E-state index in [1.165, 1.54) is 0 Å². The van der Waals surface area contributed by atoms with Crippen LogP contribution in [0.2, 0.25) is 0 Å². The molecule has 1 atom stereocenters. The molecular weight excluding hydrogens is 256 g/mol. The Bertz CT molecular complexity index is 241. The highest BCUT2D eigenvalue weighted by Crippen LogP contribution is 2.24. The molecule has 0 aliphatic carbocycles. The van der Waals surface area contributed by atoms with Crippen LogP contribution in [-0.4, -0.2) is 30.1 Å². The standard InChI is InChI=1S/C12H24N2OS.ClH/c1-9(2)5-12(3,4)7-13-11(15)10-6-16-8-14-10;/h9-10,14H,5-8H2,1-4H3,(H,13,15);1H. The lowest BCUT2D eigenvalue weighted by molar-refractivity contribution is -0.122. The number of carbonyl (C=O) groups excluding carboxylic acids is 1. The highest BCUT2D eigenvalue weighted by atomic mass is 35.5. The van der Waals surface area contributed by atoms with Gasteiger partial charge in [-0.05, 0) is 17.8 Å². The van der Waals surface area contributed by atoms with E-state index in [2.05, 4.69) is 38.3 Å². The quantitative estimate of drug-likeness (QED) is 0.812. The first-order valence-electron chi connectivity index (χ1n) is 5.99. The number of halogens is 1. The molecule has 1 saturated heterocycles. The molecule has 3 nitrogen and oxygen atoms in total. The van der Waals surface area contributed by atoms with Crippen molar-refractivity contribution >= 4 is 30.1 Å². The van der Waals surface area contributed by atoms with E-state index < -0.39 is 0 Å². The molecule has 1 amide bonds. The third-order valence-electron chi connectivity index (χ3n) is 2.73. The largest absolute Gasteiger partial charge is 0.354 e. The molecule has 102 valence electrons. The molecule has 17 heavy (non-hydrogen) atoms. The van der Waals surface area contributed by atoms with E-state index in [1.54, 1.807) is 11.8 Å². The van der Waals surface area contributed by atoms with Gasteiger partial charge < -0.3 is 5.32 Å². The summed E-state index contributed by atoms with van der Waals surface area (Å²) in [4.78, 5) is 11.8. The fraction of sp³-hybridized carbons (Fsp3) is 0.917. The molecule has 0 radical (unpaired) electrons. The molecule has 1 heterocycles. The van der Waals surface area contributed by atoms with Gasteiger partial charge in [-0.3, -0.25) is 10.1 Å². The summed E-state index contributed by atoms with van der Waals surface area (Å²) in [6.45, 7) is 9.64. The average Bonchev–Trinajstić information content (AvgIpc) is 2.64. The zero-order valence-corrected chi connectivity index (χ0v) is 12.8. The van der Waals surface area contributed by atoms with Crippen LogP contribution in [-0.2, 0) is 4.79 Å². The maximum absolute atomic E-state index is 11.8. The molecule has 1 unspecified atom stereocenters. The Balaban J connectivity index is 0.00000256. The maximum atomic E-state index is 11.8. The van der Waals surface area contributed by atoms with Crippen LogP contribution in [0.15, 0.2) is 0 Å². The summed E-state index contributed by atoms with van der Waals surface area (Å²) in [5, 5.41) is 6.24. The number of thioether (sulfide) groups is 1. The van der Waals surface area contributed by atoms with Crippen molar-refractivity contribution in [3.8, 4) is 0 Å². The highest BCUT2D eigenvalue weighted by Gasteiger charge is 2.25. The zero-order valence-electron chi connectivity index (χ0n) is 11.2. The Morgan fingerprint density at radius 3 is 2.65 bits per heavy atom. The van der Waals surface area contributed by atoms with E-state index in [-0.39, 0.29) is 29.8 Å². The predicted molar refractivity (Wildman–Crippen MR) is 77.7 cm³/mol. The van der Waals surface area contributed by atoms with Gasteiger partial charge in [0.15, 0.2) is 0 Å². The molecule has 1 fully saturated rings. The molecule has 0 aromatic heterocycles. The fourth-order valence-corrected chi connectivity index (χ4v) is 3.13. The smallest absolute Gasteiger partial charge is 0.238 e. The van der Waals surface area contributed by atoms with Gasteiger partial charge in [-0.15, -0.1) is 24.2 Å². The summed E-state index contributed by atoms with van der Waals surface area (Å²) in [5.74, 6) is 2.62. The summed E-state index contributed by atoms with van der Waals surface area (Å²) >= 11 is 1.78. The van der Waals surface area contributed by atoms with E-state index in [0.29, 0.717) is 5.92 Å². The first-order chi connectivity index (χ1) is 7.41. The SMILES string of the molecule is CC(C)CC(C)(C)CNC(=O)C1CSCN1.Cl. The van der Waals surface area contributed by atoms with Gasteiger partial charge in [0, 0.05) is 18.2 Å². The van der Waals surface area contributed by atoms with Gasteiger partial charge >= 0.3 is 0 Å². The summed E-state index contributed by atoms with van der Waals surface area (Å²) in [6, 6.07) is 0.0137. The van der Waals surface area contributed by atoms with Gasteiger partial charge in [-0.25, -0.2) is 0 Å². The van der Waals surface area contributed by atoms with Crippen LogP contribution >= 0.6 is 24.2 Å². The van der Waals surface area contributed by atoms with E-state index in [0.717, 1.165) is 24.6 Å². The van der Waals surface area contributed by atoms with Crippen LogP contribution in [0.25, 0.3) is 0 Å². The number of rotatable bonds is 5. The number of nitrogens with one attached hydrogen (secondary N) is 2. The Morgan fingerprint density at radius 1 is 1.53 bits per heavy atom. The molecule has 0 spiro atoms. The molecular formula is C12H25ClN2OS. The Morgan fingerprint density at radius 2 is 2.18 bits per heavy atom. The van der Waals surface area contributed by atoms with Crippen molar-refractivity contribution in [3.05, 3.63) is 0 Å². The van der Waals surface area contributed by atoms with Crippen molar-refractivity contribution < 1.29 is 4.79 Å². The molecule has 0 saturated carbocycles. The van der Waals surface area contributed by atoms with Crippen molar-refractivity contribution in [2.75, 3.05) is 18.2 Å². The van der Waals surface area contributed by atoms with Crippen LogP contribution < -0.4 is 10.6 Å². The minimum Gasteiger partial charge on any atom is -0.354 e. The van der Waals surface area contributed by atoms with Crippen LogP contribution in [0.4, 0.5) is 0 Å². The van der Waals surface area contributed by atoms with Crippen LogP contribution in [0.1, 0.15) is 34.1 Å². The predicted octanol–water partition coefficient (Wildman–Crippen LogP) is 2.26. The maximum Gasteiger partial charge on any atom is 0.238 e. The number of carbonyl (C=O) groups is 1. The molecule has 0 bridgehead atoms. The van der Waals surface area contributed by atoms with Gasteiger partial charge in [0.2, 0.25) is 5.91 Å². The van der Waals surface area contributed by atoms with E-state index in [4.69, 9.17) is 0 Å². The van der Waals surface area contributed by atoms with Crippen molar-refractivity contribution in [2.45, 2.75) is 40.2 Å². The minimum atomic E-state index is 0. The zero-order chi connectivity index (χ0) is 12.2. The molecule has 0 aromatic carbocycles. The topological polar surface area (TPSA) is 41.1 Å². The first-order valence-corrected chi connectivity index (χ1v) is 7.15. The molecule has 2 N–H and O–H groups in total. The van der Waals surface area contributed by atoms with Crippen LogP contribution in [0, 0.1) is 11.3 Å². The Hall–Kier alpha value is 0.0700. The minimum absolute atomic E-state index is 0. The van der Waals surface area contributed by atoms with E-state index in [1.807, 2.05) is 0 Å². The van der Waals surface area contributed by atoms with Crippen molar-refractivity contribution in [1.82, 2.24) is 10.6 Å². The molecule has 1 aliphatic rings. The van der Waals surface area contributed by atoms with Crippen molar-refractivity contribution in [3.63, 3.8) is 0 Å². The van der Waals surface area contributed by atoms with E-state index in [9.17, 15) is 4.79 Å². The average molecular weight is 281 g/mol. The van der Waals surface area contributed by atoms with Crippen LogP contribution in [0.3, 0.4) is 0 Å². The fourth-order valence-electron chi connectivity index (χ4n) is 2.19. The number of amides is 1. The first kappa shape index (κ1) is 17.1. The molecule has 0 aromatic rings. The summed E-state index contributed by atoms with van der Waals surface area (Å²) in [6.07, 6.45) is 1.14. The summed E-state index contributed by atoms with van der Waals surface area (Å²) < 4.78 is 0. The lowest BCUT2D eigenvalue weighted by Crippen LogP contribution is -2.45. The highest BCUT2D eigenvalue weighted by molar-refractivity contribution is 7.99. The summed E-state index contributed by atoms with van der Waals surface area (Å²) in [7, 11) is 0. The monoisotopic (exact) mass is 280 g/mol. The number of hydrogen-bond donors (Lipinski definition) is 2. The van der Waals surface area contributed by atoms with Crippen LogP contribution in [0.5, 0.6) is 0 Å². The van der Waals surface area contributed by atoms with Gasteiger partial charge in [-0.1, -0.05) is 27.7 Å². The second-order valence-electron chi connectivity index (χ2n) is 5.75. The lowest BCUT2D eigenvalue weighted by atomic mass is 9.84. The lowest BCUT2D eigenvalue weighted by Gasteiger charge is -2.27. The van der Waals surface area contributed by atoms with Gasteiger partial charge in [-0.2, -0.15) is 0 Å². The Kier molecular flexibility index (Phi) is 7.52. The second kappa shape index (κ2) is 7.49. The molecule has 5 heteroatoms. The van der Waals surface area contributed by atoms with Gasteiger partial charge in [0.1, 0.15) is 0 Å². The second-order valence-corrected chi connectivity index (χ2v) is 6.78.